The van der Waals surface area contributed by atoms with Crippen LogP contribution >= 0.6 is 0 Å². The molecular formula is C13H23N5O2. The van der Waals surface area contributed by atoms with E-state index in [1.807, 2.05) is 13.8 Å². The second-order valence-electron chi connectivity index (χ2n) is 4.49. The fraction of sp³-hybridized carbons (Fsp3) is 0.615. The highest BCUT2D eigenvalue weighted by Crippen LogP contribution is 2.19. The summed E-state index contributed by atoms with van der Waals surface area (Å²) in [4.78, 5) is 20.5. The van der Waals surface area contributed by atoms with E-state index >= 15 is 0 Å². The van der Waals surface area contributed by atoms with Crippen molar-refractivity contribution in [2.24, 2.45) is 0 Å². The zero-order valence-corrected chi connectivity index (χ0v) is 12.7. The van der Waals surface area contributed by atoms with Gasteiger partial charge in [0.2, 0.25) is 5.91 Å². The Bertz CT molecular complexity index is 464. The minimum absolute atomic E-state index is 0.0938. The Kier molecular flexibility index (Phi) is 6.17. The van der Waals surface area contributed by atoms with E-state index in [-0.39, 0.29) is 11.9 Å². The van der Waals surface area contributed by atoms with Crippen LogP contribution < -0.4 is 16.0 Å². The number of anilines is 2. The van der Waals surface area contributed by atoms with Crippen LogP contribution in [0.1, 0.15) is 18.3 Å². The molecule has 3 N–H and O–H groups in total. The van der Waals surface area contributed by atoms with E-state index < -0.39 is 0 Å². The van der Waals surface area contributed by atoms with Crippen LogP contribution in [0.5, 0.6) is 0 Å². The van der Waals surface area contributed by atoms with Gasteiger partial charge in [0, 0.05) is 26.3 Å². The number of aryl methyl sites for hydroxylation is 1. The molecule has 0 bridgehead atoms. The Morgan fingerprint density at radius 2 is 1.95 bits per heavy atom. The summed E-state index contributed by atoms with van der Waals surface area (Å²) in [5, 5.41) is 8.90. The van der Waals surface area contributed by atoms with E-state index in [4.69, 9.17) is 4.74 Å². The van der Waals surface area contributed by atoms with Crippen LogP contribution in [0.3, 0.4) is 0 Å². The molecule has 0 aliphatic heterocycles. The topological polar surface area (TPSA) is 88.2 Å². The monoisotopic (exact) mass is 281 g/mol. The molecule has 1 heterocycles. The molecule has 0 spiro atoms. The van der Waals surface area contributed by atoms with Gasteiger partial charge in [-0.1, -0.05) is 0 Å². The zero-order valence-electron chi connectivity index (χ0n) is 12.7. The van der Waals surface area contributed by atoms with Gasteiger partial charge in [0.05, 0.1) is 6.61 Å². The maximum atomic E-state index is 11.9. The molecule has 0 radical (unpaired) electrons. The van der Waals surface area contributed by atoms with Crippen molar-refractivity contribution in [1.82, 2.24) is 15.3 Å². The number of methoxy groups -OCH3 is 1. The predicted octanol–water partition coefficient (Wildman–Crippen LogP) is 0.698. The molecule has 7 heteroatoms. The second kappa shape index (κ2) is 7.64. The Labute approximate surface area is 119 Å². The first-order valence-corrected chi connectivity index (χ1v) is 6.55. The van der Waals surface area contributed by atoms with Gasteiger partial charge in [-0.05, 0) is 20.8 Å². The van der Waals surface area contributed by atoms with Crippen LogP contribution in [0.25, 0.3) is 0 Å². The van der Waals surface area contributed by atoms with E-state index in [9.17, 15) is 4.79 Å². The molecular weight excluding hydrogens is 258 g/mol. The first kappa shape index (κ1) is 16.2. The van der Waals surface area contributed by atoms with Crippen molar-refractivity contribution in [3.8, 4) is 0 Å². The van der Waals surface area contributed by atoms with Crippen molar-refractivity contribution in [1.29, 1.82) is 0 Å². The summed E-state index contributed by atoms with van der Waals surface area (Å²) in [6.45, 7) is 6.49. The minimum Gasteiger partial charge on any atom is -0.383 e. The highest BCUT2D eigenvalue weighted by Gasteiger charge is 2.15. The average molecular weight is 281 g/mol. The quantitative estimate of drug-likeness (QED) is 0.638. The number of rotatable bonds is 7. The highest BCUT2D eigenvalue weighted by molar-refractivity contribution is 5.84. The van der Waals surface area contributed by atoms with E-state index in [2.05, 4.69) is 25.9 Å². The van der Waals surface area contributed by atoms with Crippen LogP contribution in [0.2, 0.25) is 0 Å². The van der Waals surface area contributed by atoms with Crippen molar-refractivity contribution < 1.29 is 9.53 Å². The molecule has 1 unspecified atom stereocenters. The van der Waals surface area contributed by atoms with Crippen LogP contribution in [0.4, 0.5) is 11.6 Å². The fourth-order valence-corrected chi connectivity index (χ4v) is 1.71. The van der Waals surface area contributed by atoms with Gasteiger partial charge in [-0.2, -0.15) is 0 Å². The molecule has 0 fully saturated rings. The molecule has 20 heavy (non-hydrogen) atoms. The van der Waals surface area contributed by atoms with E-state index in [1.165, 1.54) is 0 Å². The SMILES string of the molecule is CNc1nc(C)nc(NC(C)C(=O)NCCOC)c1C. The standard InChI is InChI=1S/C13H23N5O2/c1-8-11(14-4)17-10(3)18-12(8)16-9(2)13(19)15-6-7-20-5/h9H,6-7H2,1-5H3,(H,15,19)(H2,14,16,17,18). The smallest absolute Gasteiger partial charge is 0.242 e. The van der Waals surface area contributed by atoms with Crippen molar-refractivity contribution in [3.05, 3.63) is 11.4 Å². The second-order valence-corrected chi connectivity index (χ2v) is 4.49. The number of hydrogen-bond donors (Lipinski definition) is 3. The Balaban J connectivity index is 2.72. The van der Waals surface area contributed by atoms with Crippen LogP contribution in [-0.4, -0.2) is 49.2 Å². The molecule has 0 saturated heterocycles. The molecule has 112 valence electrons. The summed E-state index contributed by atoms with van der Waals surface area (Å²) in [6, 6.07) is -0.385. The maximum absolute atomic E-state index is 11.9. The number of carbonyl (C=O) groups is 1. The number of aromatic nitrogens is 2. The third-order valence-electron chi connectivity index (χ3n) is 2.85. The lowest BCUT2D eigenvalue weighted by atomic mass is 10.2. The van der Waals surface area contributed by atoms with Gasteiger partial charge in [0.1, 0.15) is 23.5 Å². The van der Waals surface area contributed by atoms with Crippen molar-refractivity contribution >= 4 is 17.5 Å². The Hall–Kier alpha value is -1.89. The van der Waals surface area contributed by atoms with Gasteiger partial charge < -0.3 is 20.7 Å². The third kappa shape index (κ3) is 4.34. The fourth-order valence-electron chi connectivity index (χ4n) is 1.71. The zero-order chi connectivity index (χ0) is 15.1. The van der Waals surface area contributed by atoms with E-state index in [1.54, 1.807) is 21.1 Å². The summed E-state index contributed by atoms with van der Waals surface area (Å²) >= 11 is 0. The molecule has 0 aromatic carbocycles. The van der Waals surface area contributed by atoms with E-state index in [0.29, 0.717) is 24.8 Å². The molecule has 7 nitrogen and oxygen atoms in total. The molecule has 1 aromatic heterocycles. The van der Waals surface area contributed by atoms with Gasteiger partial charge in [-0.15, -0.1) is 0 Å². The lowest BCUT2D eigenvalue weighted by Gasteiger charge is -2.17. The Morgan fingerprint density at radius 3 is 2.55 bits per heavy atom. The molecule has 0 aliphatic carbocycles. The number of ether oxygens (including phenoxy) is 1. The van der Waals surface area contributed by atoms with Gasteiger partial charge in [0.25, 0.3) is 0 Å². The van der Waals surface area contributed by atoms with Crippen molar-refractivity contribution in [2.45, 2.75) is 26.8 Å². The highest BCUT2D eigenvalue weighted by atomic mass is 16.5. The number of amides is 1. The normalized spacial score (nSPS) is 11.8. The molecule has 0 saturated carbocycles. The third-order valence-corrected chi connectivity index (χ3v) is 2.85. The molecule has 0 aliphatic rings. The van der Waals surface area contributed by atoms with Gasteiger partial charge in [0.15, 0.2) is 0 Å². The summed E-state index contributed by atoms with van der Waals surface area (Å²) in [5.74, 6) is 1.97. The number of hydrogen-bond acceptors (Lipinski definition) is 6. The predicted molar refractivity (Wildman–Crippen MR) is 79.0 cm³/mol. The lowest BCUT2D eigenvalue weighted by molar-refractivity contribution is -0.121. The molecule has 1 rings (SSSR count). The largest absolute Gasteiger partial charge is 0.383 e. The first-order chi connectivity index (χ1) is 9.49. The Morgan fingerprint density at radius 1 is 1.30 bits per heavy atom. The maximum Gasteiger partial charge on any atom is 0.242 e. The van der Waals surface area contributed by atoms with Crippen LogP contribution in [0, 0.1) is 13.8 Å². The van der Waals surface area contributed by atoms with E-state index in [0.717, 1.165) is 11.4 Å². The summed E-state index contributed by atoms with van der Waals surface area (Å²) < 4.78 is 4.89. The van der Waals surface area contributed by atoms with Crippen LogP contribution in [0.15, 0.2) is 0 Å². The number of nitrogens with zero attached hydrogens (tertiary/aromatic N) is 2. The molecule has 1 atom stereocenters. The van der Waals surface area contributed by atoms with Gasteiger partial charge >= 0.3 is 0 Å². The average Bonchev–Trinajstić information content (AvgIpc) is 2.42. The van der Waals surface area contributed by atoms with Crippen molar-refractivity contribution in [2.75, 3.05) is 37.9 Å². The molecule has 1 aromatic rings. The summed E-state index contributed by atoms with van der Waals surface area (Å²) in [5.41, 5.74) is 0.884. The van der Waals surface area contributed by atoms with Gasteiger partial charge in [-0.3, -0.25) is 4.79 Å². The minimum atomic E-state index is -0.385. The number of carbonyl (C=O) groups excluding carboxylic acids is 1. The van der Waals surface area contributed by atoms with Crippen molar-refractivity contribution in [3.63, 3.8) is 0 Å². The summed E-state index contributed by atoms with van der Waals surface area (Å²) in [6.07, 6.45) is 0. The van der Waals surface area contributed by atoms with Crippen LogP contribution in [-0.2, 0) is 9.53 Å². The summed E-state index contributed by atoms with van der Waals surface area (Å²) in [7, 11) is 3.40. The number of nitrogens with one attached hydrogen (secondary N) is 3. The molecule has 1 amide bonds. The lowest BCUT2D eigenvalue weighted by Crippen LogP contribution is -2.39. The first-order valence-electron chi connectivity index (χ1n) is 6.55. The van der Waals surface area contributed by atoms with Gasteiger partial charge in [-0.25, -0.2) is 9.97 Å².